The van der Waals surface area contributed by atoms with Crippen molar-refractivity contribution in [1.29, 1.82) is 0 Å². The van der Waals surface area contributed by atoms with Crippen LogP contribution in [0.5, 0.6) is 0 Å². The zero-order chi connectivity index (χ0) is 24.8. The predicted octanol–water partition coefficient (Wildman–Crippen LogP) is 3.27. The minimum absolute atomic E-state index is 0.00377. The fraction of sp³-hybridized carbons (Fsp3) is 0.273. The Morgan fingerprint density at radius 1 is 1.12 bits per heavy atom. The fourth-order valence-electron chi connectivity index (χ4n) is 4.00. The van der Waals surface area contributed by atoms with Gasteiger partial charge in [0.1, 0.15) is 11.9 Å². The second-order valence-electron chi connectivity index (χ2n) is 7.85. The Bertz CT molecular complexity index is 1200. The first-order valence-electron chi connectivity index (χ1n) is 10.1. The number of nitrogens with zero attached hydrogens (tertiary/aromatic N) is 1. The van der Waals surface area contributed by atoms with Crippen LogP contribution in [0.4, 0.5) is 17.6 Å². The molecule has 1 unspecified atom stereocenters. The summed E-state index contributed by atoms with van der Waals surface area (Å²) in [6.07, 6.45) is -4.83. The number of nitrogens with one attached hydrogen (secondary N) is 2. The van der Waals surface area contributed by atoms with Crippen molar-refractivity contribution in [2.75, 3.05) is 0 Å². The van der Waals surface area contributed by atoms with Crippen LogP contribution >= 0.6 is 11.6 Å². The molecule has 2 aromatic rings. The van der Waals surface area contributed by atoms with Gasteiger partial charge in [-0.25, -0.2) is 4.39 Å². The number of alkyl halides is 3. The maximum absolute atomic E-state index is 15.2. The zero-order valence-corrected chi connectivity index (χ0v) is 18.0. The van der Waals surface area contributed by atoms with Crippen LogP contribution in [-0.2, 0) is 16.1 Å². The molecule has 2 heterocycles. The molecule has 0 bridgehead atoms. The molecule has 2 N–H and O–H groups in total. The zero-order valence-electron chi connectivity index (χ0n) is 17.2. The third-order valence-corrected chi connectivity index (χ3v) is 5.95. The van der Waals surface area contributed by atoms with Crippen molar-refractivity contribution in [3.8, 4) is 0 Å². The van der Waals surface area contributed by atoms with E-state index in [0.717, 1.165) is 29.2 Å². The lowest BCUT2D eigenvalue weighted by Gasteiger charge is -2.29. The summed E-state index contributed by atoms with van der Waals surface area (Å²) < 4.78 is 56.1. The number of carbonyl (C=O) groups excluding carboxylic acids is 4. The van der Waals surface area contributed by atoms with Crippen LogP contribution in [0.2, 0.25) is 5.02 Å². The van der Waals surface area contributed by atoms with E-state index in [1.54, 1.807) is 5.32 Å². The van der Waals surface area contributed by atoms with E-state index in [-0.39, 0.29) is 41.1 Å². The number of fused-ring (bicyclic) bond motifs is 1. The molecule has 4 rings (SSSR count). The van der Waals surface area contributed by atoms with Gasteiger partial charge in [0.05, 0.1) is 12.1 Å². The molecule has 0 aliphatic carbocycles. The number of carbonyl (C=O) groups is 4. The van der Waals surface area contributed by atoms with E-state index < -0.39 is 53.3 Å². The SMILES string of the molecule is O=C1CCC(N2Cc3c(ccc(C(=O)N[C@H](c4ccc(Cl)cc4)C(F)(F)F)c3F)C2=O)C(=O)N1. The van der Waals surface area contributed by atoms with Crippen molar-refractivity contribution in [2.45, 2.75) is 37.6 Å². The lowest BCUT2D eigenvalue weighted by atomic mass is 10.0. The summed E-state index contributed by atoms with van der Waals surface area (Å²) >= 11 is 5.71. The van der Waals surface area contributed by atoms with Gasteiger partial charge in [-0.15, -0.1) is 0 Å². The highest BCUT2D eigenvalue weighted by atomic mass is 35.5. The highest BCUT2D eigenvalue weighted by molar-refractivity contribution is 6.30. The molecule has 2 aromatic carbocycles. The molecule has 7 nitrogen and oxygen atoms in total. The lowest BCUT2D eigenvalue weighted by Crippen LogP contribution is -2.52. The van der Waals surface area contributed by atoms with Crippen LogP contribution < -0.4 is 10.6 Å². The molecule has 2 atom stereocenters. The Labute approximate surface area is 195 Å². The summed E-state index contributed by atoms with van der Waals surface area (Å²) in [7, 11) is 0. The first-order valence-corrected chi connectivity index (χ1v) is 10.4. The van der Waals surface area contributed by atoms with E-state index in [4.69, 9.17) is 11.6 Å². The van der Waals surface area contributed by atoms with Crippen molar-refractivity contribution >= 4 is 35.2 Å². The maximum atomic E-state index is 15.2. The average molecular weight is 498 g/mol. The summed E-state index contributed by atoms with van der Waals surface area (Å²) in [5.74, 6) is -4.36. The van der Waals surface area contributed by atoms with Gasteiger partial charge in [0.25, 0.3) is 11.8 Å². The van der Waals surface area contributed by atoms with E-state index >= 15 is 4.39 Å². The summed E-state index contributed by atoms with van der Waals surface area (Å²) in [5.41, 5.74) is -1.30. The number of halogens is 5. The van der Waals surface area contributed by atoms with Gasteiger partial charge in [0.2, 0.25) is 11.8 Å². The second-order valence-corrected chi connectivity index (χ2v) is 8.29. The average Bonchev–Trinajstić information content (AvgIpc) is 3.09. The van der Waals surface area contributed by atoms with Crippen LogP contribution in [0.3, 0.4) is 0 Å². The topological polar surface area (TPSA) is 95.6 Å². The molecule has 0 aromatic heterocycles. The third-order valence-electron chi connectivity index (χ3n) is 5.70. The van der Waals surface area contributed by atoms with Crippen LogP contribution in [-0.4, -0.2) is 40.7 Å². The molecule has 34 heavy (non-hydrogen) atoms. The first kappa shape index (κ1) is 23.7. The Morgan fingerprint density at radius 2 is 1.79 bits per heavy atom. The number of hydrogen-bond donors (Lipinski definition) is 2. The van der Waals surface area contributed by atoms with Gasteiger partial charge in [-0.2, -0.15) is 13.2 Å². The minimum atomic E-state index is -4.88. The number of imide groups is 1. The molecule has 0 saturated carbocycles. The first-order chi connectivity index (χ1) is 16.0. The van der Waals surface area contributed by atoms with E-state index in [2.05, 4.69) is 5.32 Å². The van der Waals surface area contributed by atoms with Crippen molar-refractivity contribution < 1.29 is 36.7 Å². The van der Waals surface area contributed by atoms with E-state index in [1.807, 2.05) is 0 Å². The molecule has 2 aliphatic rings. The third kappa shape index (κ3) is 4.35. The Kier molecular flexibility index (Phi) is 6.07. The highest BCUT2D eigenvalue weighted by Crippen LogP contribution is 2.35. The standard InChI is InChI=1S/C22H16ClF4N3O4/c23-11-3-1-10(2-4-11)18(22(25,26)27)29-19(32)13-6-5-12-14(17(13)24)9-30(21(12)34)15-7-8-16(31)28-20(15)33/h1-6,15,18H,7-9H2,(H,29,32)(H,28,31,33)/t15?,18-/m1/s1. The Balaban J connectivity index is 1.59. The van der Waals surface area contributed by atoms with Crippen LogP contribution in [0.25, 0.3) is 0 Å². The maximum Gasteiger partial charge on any atom is 0.412 e. The number of hydrogen-bond acceptors (Lipinski definition) is 4. The Hall–Kier alpha value is -3.47. The van der Waals surface area contributed by atoms with Gasteiger partial charge >= 0.3 is 6.18 Å². The van der Waals surface area contributed by atoms with Crippen molar-refractivity contribution in [3.63, 3.8) is 0 Å². The van der Waals surface area contributed by atoms with Gasteiger partial charge in [-0.3, -0.25) is 24.5 Å². The van der Waals surface area contributed by atoms with E-state index in [1.165, 1.54) is 12.1 Å². The molecule has 1 fully saturated rings. The fourth-order valence-corrected chi connectivity index (χ4v) is 4.12. The summed E-state index contributed by atoms with van der Waals surface area (Å²) in [6.45, 7) is -0.368. The molecular weight excluding hydrogens is 482 g/mol. The molecule has 178 valence electrons. The predicted molar refractivity (Wildman–Crippen MR) is 110 cm³/mol. The van der Waals surface area contributed by atoms with Crippen molar-refractivity contribution in [1.82, 2.24) is 15.5 Å². The van der Waals surface area contributed by atoms with Gasteiger partial charge in [0.15, 0.2) is 6.04 Å². The molecular formula is C22H16ClF4N3O4. The number of piperidine rings is 1. The minimum Gasteiger partial charge on any atom is -0.337 e. The molecule has 12 heteroatoms. The smallest absolute Gasteiger partial charge is 0.337 e. The molecule has 4 amide bonds. The second kappa shape index (κ2) is 8.71. The van der Waals surface area contributed by atoms with Gasteiger partial charge in [-0.05, 0) is 36.2 Å². The van der Waals surface area contributed by atoms with Crippen LogP contribution in [0.1, 0.15) is 50.7 Å². The molecule has 2 aliphatic heterocycles. The van der Waals surface area contributed by atoms with Crippen molar-refractivity contribution in [2.24, 2.45) is 0 Å². The van der Waals surface area contributed by atoms with Gasteiger partial charge in [0, 0.05) is 22.6 Å². The molecule has 0 radical (unpaired) electrons. The monoisotopic (exact) mass is 497 g/mol. The van der Waals surface area contributed by atoms with E-state index in [9.17, 15) is 32.3 Å². The summed E-state index contributed by atoms with van der Waals surface area (Å²) in [4.78, 5) is 49.9. The van der Waals surface area contributed by atoms with Crippen LogP contribution in [0, 0.1) is 5.82 Å². The van der Waals surface area contributed by atoms with Crippen molar-refractivity contribution in [3.05, 3.63) is 69.5 Å². The number of amides is 4. The van der Waals surface area contributed by atoms with Gasteiger partial charge in [-0.1, -0.05) is 23.7 Å². The molecule has 1 saturated heterocycles. The summed E-state index contributed by atoms with van der Waals surface area (Å²) in [5, 5.41) is 4.10. The van der Waals surface area contributed by atoms with Gasteiger partial charge < -0.3 is 10.2 Å². The number of rotatable bonds is 4. The number of benzene rings is 2. The Morgan fingerprint density at radius 3 is 2.41 bits per heavy atom. The normalized spacial score (nSPS) is 19.0. The molecule has 0 spiro atoms. The summed E-state index contributed by atoms with van der Waals surface area (Å²) in [6, 6.07) is 3.27. The van der Waals surface area contributed by atoms with E-state index in [0.29, 0.717) is 0 Å². The quantitative estimate of drug-likeness (QED) is 0.500. The highest BCUT2D eigenvalue weighted by Gasteiger charge is 2.44. The van der Waals surface area contributed by atoms with Crippen LogP contribution in [0.15, 0.2) is 36.4 Å². The lowest BCUT2D eigenvalue weighted by molar-refractivity contribution is -0.155. The largest absolute Gasteiger partial charge is 0.412 e.